The van der Waals surface area contributed by atoms with Gasteiger partial charge in [0.15, 0.2) is 18.5 Å². The number of esters is 1. The van der Waals surface area contributed by atoms with Gasteiger partial charge >= 0.3 is 5.97 Å². The number of ether oxygens (including phenoxy) is 1. The molecule has 1 atom stereocenters. The van der Waals surface area contributed by atoms with Gasteiger partial charge < -0.3 is 15.3 Å². The van der Waals surface area contributed by atoms with Crippen molar-refractivity contribution in [2.24, 2.45) is 0 Å². The largest absolute Gasteiger partial charge is 0.619 e. The van der Waals surface area contributed by atoms with Crippen LogP contribution < -0.4 is 10.0 Å². The first-order valence-electron chi connectivity index (χ1n) is 7.59. The van der Waals surface area contributed by atoms with Gasteiger partial charge in [0.05, 0.1) is 16.8 Å². The van der Waals surface area contributed by atoms with Crippen molar-refractivity contribution in [1.82, 2.24) is 4.98 Å². The third kappa shape index (κ3) is 3.72. The predicted octanol–water partition coefficient (Wildman–Crippen LogP) is 2.05. The fourth-order valence-corrected chi connectivity index (χ4v) is 2.28. The first-order chi connectivity index (χ1) is 12.0. The lowest BCUT2D eigenvalue weighted by Gasteiger charge is -2.14. The second-order valence-electron chi connectivity index (χ2n) is 5.36. The Bertz CT molecular complexity index is 920. The highest BCUT2D eigenvalue weighted by molar-refractivity contribution is 6.03. The van der Waals surface area contributed by atoms with Gasteiger partial charge in [0.1, 0.15) is 0 Å². The van der Waals surface area contributed by atoms with E-state index in [1.54, 1.807) is 24.4 Å². The van der Waals surface area contributed by atoms with Gasteiger partial charge in [-0.15, -0.1) is 0 Å². The molecule has 0 radical (unpaired) electrons. The number of nitrogens with zero attached hydrogens (tertiary/aromatic N) is 2. The number of fused-ring (bicyclic) bond motifs is 1. The highest BCUT2D eigenvalue weighted by Gasteiger charge is 2.20. The Balaban J connectivity index is 1.70. The number of hydrogen-bond donors (Lipinski definition) is 1. The molecule has 25 heavy (non-hydrogen) atoms. The minimum absolute atomic E-state index is 0.195. The van der Waals surface area contributed by atoms with Crippen LogP contribution in [0.25, 0.3) is 10.9 Å². The van der Waals surface area contributed by atoms with Gasteiger partial charge in [-0.05, 0) is 31.2 Å². The average molecular weight is 337 g/mol. The number of pyridine rings is 2. The van der Waals surface area contributed by atoms with E-state index in [9.17, 15) is 14.8 Å². The van der Waals surface area contributed by atoms with Gasteiger partial charge in [0.2, 0.25) is 0 Å². The number of hydrogen-bond acceptors (Lipinski definition) is 5. The summed E-state index contributed by atoms with van der Waals surface area (Å²) in [5, 5.41) is 14.5. The Morgan fingerprint density at radius 3 is 2.68 bits per heavy atom. The van der Waals surface area contributed by atoms with Crippen LogP contribution in [-0.2, 0) is 9.53 Å². The van der Waals surface area contributed by atoms with E-state index in [0.717, 1.165) is 10.9 Å². The summed E-state index contributed by atoms with van der Waals surface area (Å²) in [6.07, 6.45) is 3.04. The zero-order valence-electron chi connectivity index (χ0n) is 13.4. The SMILES string of the molecule is CC(OC(=O)c1cc[n+]([O-])cc1)C(=O)Nc1cccc2ncccc12. The third-order valence-electron chi connectivity index (χ3n) is 3.59. The van der Waals surface area contributed by atoms with Crippen molar-refractivity contribution < 1.29 is 19.1 Å². The minimum atomic E-state index is -1.00. The molecule has 0 saturated carbocycles. The fraction of sp³-hybridized carbons (Fsp3) is 0.111. The lowest BCUT2D eigenvalue weighted by molar-refractivity contribution is -0.605. The molecule has 0 aliphatic heterocycles. The van der Waals surface area contributed by atoms with Crippen LogP contribution in [0.2, 0.25) is 0 Å². The molecule has 2 heterocycles. The van der Waals surface area contributed by atoms with Gasteiger partial charge in [-0.25, -0.2) is 4.79 Å². The molecule has 126 valence electrons. The molecular formula is C18H15N3O4. The first-order valence-corrected chi connectivity index (χ1v) is 7.59. The van der Waals surface area contributed by atoms with E-state index in [1.165, 1.54) is 31.5 Å². The first kappa shape index (κ1) is 16.4. The summed E-state index contributed by atoms with van der Waals surface area (Å²) in [5.41, 5.74) is 1.53. The van der Waals surface area contributed by atoms with E-state index in [-0.39, 0.29) is 5.56 Å². The molecule has 3 aromatic rings. The molecule has 0 fully saturated rings. The van der Waals surface area contributed by atoms with Crippen molar-refractivity contribution >= 4 is 28.5 Å². The Hall–Kier alpha value is -3.48. The van der Waals surface area contributed by atoms with E-state index in [0.29, 0.717) is 10.4 Å². The van der Waals surface area contributed by atoms with Crippen molar-refractivity contribution in [3.05, 3.63) is 71.8 Å². The summed E-state index contributed by atoms with van der Waals surface area (Å²) >= 11 is 0. The summed E-state index contributed by atoms with van der Waals surface area (Å²) in [5.74, 6) is -1.14. The zero-order chi connectivity index (χ0) is 17.8. The van der Waals surface area contributed by atoms with Crippen LogP contribution in [-0.4, -0.2) is 23.0 Å². The molecule has 1 amide bonds. The van der Waals surface area contributed by atoms with Gasteiger partial charge in [0.25, 0.3) is 5.91 Å². The van der Waals surface area contributed by atoms with Gasteiger partial charge in [0, 0.05) is 23.7 Å². The molecule has 0 spiro atoms. The number of carbonyl (C=O) groups is 2. The summed E-state index contributed by atoms with van der Waals surface area (Å²) in [6.45, 7) is 1.48. The van der Waals surface area contributed by atoms with Crippen LogP contribution in [0, 0.1) is 5.21 Å². The molecule has 7 heteroatoms. The molecule has 7 nitrogen and oxygen atoms in total. The lowest BCUT2D eigenvalue weighted by atomic mass is 10.2. The molecule has 1 unspecified atom stereocenters. The van der Waals surface area contributed by atoms with Crippen molar-refractivity contribution in [3.63, 3.8) is 0 Å². The number of anilines is 1. The maximum atomic E-state index is 12.3. The topological polar surface area (TPSA) is 95.2 Å². The molecule has 3 rings (SSSR count). The number of nitrogens with one attached hydrogen (secondary N) is 1. The summed E-state index contributed by atoms with van der Waals surface area (Å²) < 4.78 is 5.70. The number of benzene rings is 1. The van der Waals surface area contributed by atoms with Crippen molar-refractivity contribution in [2.45, 2.75) is 13.0 Å². The van der Waals surface area contributed by atoms with E-state index in [1.807, 2.05) is 12.1 Å². The van der Waals surface area contributed by atoms with Gasteiger partial charge in [-0.2, -0.15) is 4.73 Å². The lowest BCUT2D eigenvalue weighted by Crippen LogP contribution is -2.30. The van der Waals surface area contributed by atoms with Crippen LogP contribution >= 0.6 is 0 Å². The molecular weight excluding hydrogens is 322 g/mol. The van der Waals surface area contributed by atoms with E-state index in [2.05, 4.69) is 10.3 Å². The second kappa shape index (κ2) is 6.96. The second-order valence-corrected chi connectivity index (χ2v) is 5.36. The molecule has 0 aliphatic rings. The van der Waals surface area contributed by atoms with Gasteiger partial charge in [-0.1, -0.05) is 6.07 Å². The van der Waals surface area contributed by atoms with E-state index < -0.39 is 18.0 Å². The fourth-order valence-electron chi connectivity index (χ4n) is 2.28. The quantitative estimate of drug-likeness (QED) is 0.447. The highest BCUT2D eigenvalue weighted by Crippen LogP contribution is 2.21. The average Bonchev–Trinajstić information content (AvgIpc) is 2.62. The van der Waals surface area contributed by atoms with Crippen LogP contribution in [0.15, 0.2) is 61.1 Å². The predicted molar refractivity (Wildman–Crippen MR) is 90.7 cm³/mol. The Morgan fingerprint density at radius 1 is 1.16 bits per heavy atom. The van der Waals surface area contributed by atoms with Crippen LogP contribution in [0.1, 0.15) is 17.3 Å². The molecule has 0 aliphatic carbocycles. The van der Waals surface area contributed by atoms with Crippen molar-refractivity contribution in [3.8, 4) is 0 Å². The smallest absolute Gasteiger partial charge is 0.339 e. The highest BCUT2D eigenvalue weighted by atomic mass is 16.5. The normalized spacial score (nSPS) is 11.7. The standard InChI is InChI=1S/C18H15N3O4/c1-12(25-18(23)13-7-10-21(24)11-8-13)17(22)20-16-6-2-5-15-14(16)4-3-9-19-15/h2-12H,1H3,(H,20,22). The molecule has 0 saturated heterocycles. The monoisotopic (exact) mass is 337 g/mol. The number of carbonyl (C=O) groups excluding carboxylic acids is 2. The number of rotatable bonds is 4. The third-order valence-corrected chi connectivity index (χ3v) is 3.59. The van der Waals surface area contributed by atoms with E-state index >= 15 is 0 Å². The van der Waals surface area contributed by atoms with E-state index in [4.69, 9.17) is 4.74 Å². The van der Waals surface area contributed by atoms with Gasteiger partial charge in [-0.3, -0.25) is 9.78 Å². The summed E-state index contributed by atoms with van der Waals surface area (Å²) in [4.78, 5) is 28.6. The molecule has 0 bridgehead atoms. The molecule has 1 N–H and O–H groups in total. The van der Waals surface area contributed by atoms with Crippen LogP contribution in [0.3, 0.4) is 0 Å². The molecule has 1 aromatic carbocycles. The minimum Gasteiger partial charge on any atom is -0.619 e. The number of amides is 1. The van der Waals surface area contributed by atoms with Crippen molar-refractivity contribution in [2.75, 3.05) is 5.32 Å². The maximum absolute atomic E-state index is 12.3. The van der Waals surface area contributed by atoms with Crippen LogP contribution in [0.4, 0.5) is 5.69 Å². The van der Waals surface area contributed by atoms with Crippen molar-refractivity contribution in [1.29, 1.82) is 0 Å². The molecule has 2 aromatic heterocycles. The van der Waals surface area contributed by atoms with Crippen LogP contribution in [0.5, 0.6) is 0 Å². The Morgan fingerprint density at radius 2 is 1.92 bits per heavy atom. The summed E-state index contributed by atoms with van der Waals surface area (Å²) in [7, 11) is 0. The summed E-state index contributed by atoms with van der Waals surface area (Å²) in [6, 6.07) is 11.7. The Kier molecular flexibility index (Phi) is 4.56. The zero-order valence-corrected chi connectivity index (χ0v) is 13.4. The number of aromatic nitrogens is 2. The maximum Gasteiger partial charge on any atom is 0.339 e. The Labute approximate surface area is 143 Å².